The Kier molecular flexibility index (Phi) is 0.710. The van der Waals surface area contributed by atoms with Crippen LogP contribution in [0.4, 0.5) is 0 Å². The molecule has 0 aromatic rings. The molecular formula is C3H8NOP. The monoisotopic (exact) mass is 105 g/mol. The molecule has 0 aromatic carbocycles. The summed E-state index contributed by atoms with van der Waals surface area (Å²) in [4.78, 5) is 0. The maximum absolute atomic E-state index is 5.34. The molecule has 1 unspecified atom stereocenters. The minimum atomic E-state index is -0.514. The van der Waals surface area contributed by atoms with Crippen molar-refractivity contribution >= 4 is 8.30 Å². The van der Waals surface area contributed by atoms with Crippen LogP contribution >= 0.6 is 8.30 Å². The molecular weight excluding hydrogens is 97.0 g/mol. The van der Waals surface area contributed by atoms with Gasteiger partial charge in [-0.1, -0.05) is 0 Å². The van der Waals surface area contributed by atoms with E-state index in [0.717, 1.165) is 0 Å². The van der Waals surface area contributed by atoms with Gasteiger partial charge in [-0.2, -0.15) is 0 Å². The molecule has 1 saturated heterocycles. The van der Waals surface area contributed by atoms with E-state index in [2.05, 4.69) is 0 Å². The van der Waals surface area contributed by atoms with Gasteiger partial charge in [0.15, 0.2) is 0 Å². The fourth-order valence-corrected chi connectivity index (χ4v) is 0.802. The first-order valence-corrected chi connectivity index (χ1v) is 3.20. The molecule has 0 bridgehead atoms. The highest BCUT2D eigenvalue weighted by atomic mass is 31.2. The van der Waals surface area contributed by atoms with E-state index in [9.17, 15) is 0 Å². The highest BCUT2D eigenvalue weighted by molar-refractivity contribution is 7.57. The predicted octanol–water partition coefficient (Wildman–Crippen LogP) is 1.02. The maximum atomic E-state index is 5.34. The van der Waals surface area contributed by atoms with Crippen LogP contribution in [0.2, 0.25) is 0 Å². The summed E-state index contributed by atoms with van der Waals surface area (Å²) in [7, 11) is -0.514. The van der Waals surface area contributed by atoms with Crippen LogP contribution in [0.5, 0.6) is 0 Å². The van der Waals surface area contributed by atoms with Crippen LogP contribution in [-0.4, -0.2) is 5.34 Å². The third-order valence-electron chi connectivity index (χ3n) is 0.820. The molecule has 0 aromatic heterocycles. The topological polar surface area (TPSA) is 38.5 Å². The highest BCUT2D eigenvalue weighted by Gasteiger charge is 2.45. The Labute approximate surface area is 38.6 Å². The minimum absolute atomic E-state index is 0.0509. The van der Waals surface area contributed by atoms with E-state index in [1.165, 1.54) is 0 Å². The van der Waals surface area contributed by atoms with E-state index in [4.69, 9.17) is 10.0 Å². The third kappa shape index (κ3) is 0.558. The lowest BCUT2D eigenvalue weighted by atomic mass is 10.5. The average molecular weight is 105 g/mol. The van der Waals surface area contributed by atoms with Crippen molar-refractivity contribution in [3.8, 4) is 0 Å². The fourth-order valence-electron chi connectivity index (χ4n) is 0.220. The Bertz CT molecular complexity index is 73.2. The smallest absolute Gasteiger partial charge is 0.133 e. The summed E-state index contributed by atoms with van der Waals surface area (Å²) in [6.45, 7) is 4.00. The maximum Gasteiger partial charge on any atom is 0.133 e. The van der Waals surface area contributed by atoms with Crippen molar-refractivity contribution in [1.82, 2.24) is 0 Å². The van der Waals surface area contributed by atoms with Gasteiger partial charge in [0.2, 0.25) is 0 Å². The molecule has 0 spiro atoms. The second kappa shape index (κ2) is 0.945. The molecule has 1 aliphatic heterocycles. The van der Waals surface area contributed by atoms with Gasteiger partial charge in [-0.25, -0.2) is 0 Å². The highest BCUT2D eigenvalue weighted by Crippen LogP contribution is 2.63. The Balaban J connectivity index is 2.41. The molecule has 6 heavy (non-hydrogen) atoms. The van der Waals surface area contributed by atoms with Crippen molar-refractivity contribution in [2.24, 2.45) is 5.50 Å². The van der Waals surface area contributed by atoms with Crippen molar-refractivity contribution in [3.05, 3.63) is 0 Å². The van der Waals surface area contributed by atoms with Crippen molar-refractivity contribution in [2.45, 2.75) is 19.2 Å². The summed E-state index contributed by atoms with van der Waals surface area (Å²) in [5.41, 5.74) is 5.34. The summed E-state index contributed by atoms with van der Waals surface area (Å²) in [6.07, 6.45) is 0. The molecule has 36 valence electrons. The van der Waals surface area contributed by atoms with Crippen molar-refractivity contribution in [1.29, 1.82) is 0 Å². The summed E-state index contributed by atoms with van der Waals surface area (Å²) in [5.74, 6) is 0. The number of nitrogens with two attached hydrogens (primary N) is 1. The Hall–Kier alpha value is 0.350. The van der Waals surface area contributed by atoms with Crippen LogP contribution in [0, 0.1) is 0 Å². The van der Waals surface area contributed by atoms with Crippen LogP contribution in [0.15, 0.2) is 0 Å². The van der Waals surface area contributed by atoms with Gasteiger partial charge >= 0.3 is 0 Å². The molecule has 0 amide bonds. The zero-order valence-electron chi connectivity index (χ0n) is 3.93. The van der Waals surface area contributed by atoms with E-state index >= 15 is 0 Å². The zero-order chi connectivity index (χ0) is 4.78. The van der Waals surface area contributed by atoms with Crippen LogP contribution < -0.4 is 5.50 Å². The lowest BCUT2D eigenvalue weighted by molar-refractivity contribution is 0.368. The molecule has 1 aliphatic rings. The molecule has 1 fully saturated rings. The first kappa shape index (κ1) is 4.51. The summed E-state index contributed by atoms with van der Waals surface area (Å²) >= 11 is 0. The van der Waals surface area contributed by atoms with E-state index in [-0.39, 0.29) is 5.34 Å². The van der Waals surface area contributed by atoms with Gasteiger partial charge in [0.25, 0.3) is 0 Å². The predicted molar refractivity (Wildman–Crippen MR) is 26.3 cm³/mol. The molecule has 1 heterocycles. The van der Waals surface area contributed by atoms with Gasteiger partial charge < -0.3 is 4.52 Å². The quantitative estimate of drug-likeness (QED) is 0.369. The van der Waals surface area contributed by atoms with E-state index in [0.29, 0.717) is 0 Å². The van der Waals surface area contributed by atoms with Crippen LogP contribution in [0.25, 0.3) is 0 Å². The minimum Gasteiger partial charge on any atom is -0.327 e. The number of hydrogen-bond acceptors (Lipinski definition) is 2. The van der Waals surface area contributed by atoms with Crippen molar-refractivity contribution in [3.63, 3.8) is 0 Å². The molecule has 3 heteroatoms. The molecule has 1 rings (SSSR count). The first-order valence-electron chi connectivity index (χ1n) is 1.87. The SMILES string of the molecule is CC1(C)OP1N. The van der Waals surface area contributed by atoms with Gasteiger partial charge in [-0.15, -0.1) is 0 Å². The fraction of sp³-hybridized carbons (Fsp3) is 1.00. The van der Waals surface area contributed by atoms with Crippen molar-refractivity contribution in [2.75, 3.05) is 0 Å². The lowest BCUT2D eigenvalue weighted by Gasteiger charge is -1.83. The summed E-state index contributed by atoms with van der Waals surface area (Å²) in [6, 6.07) is 0. The first-order chi connectivity index (χ1) is 2.63. The zero-order valence-corrected chi connectivity index (χ0v) is 4.83. The second-order valence-corrected chi connectivity index (χ2v) is 3.77. The second-order valence-electron chi connectivity index (χ2n) is 1.86. The van der Waals surface area contributed by atoms with Crippen LogP contribution in [0.1, 0.15) is 13.8 Å². The molecule has 0 radical (unpaired) electrons. The largest absolute Gasteiger partial charge is 0.327 e. The standard InChI is InChI=1S/C3H8NOP/c1-3(2)5-6(3)4/h4H2,1-2H3. The Morgan fingerprint density at radius 2 is 1.83 bits per heavy atom. The Morgan fingerprint density at radius 3 is 1.83 bits per heavy atom. The van der Waals surface area contributed by atoms with Crippen LogP contribution in [0.3, 0.4) is 0 Å². The molecule has 0 aliphatic carbocycles. The number of hydrogen-bond donors (Lipinski definition) is 1. The van der Waals surface area contributed by atoms with Gasteiger partial charge in [0.05, 0.1) is 0 Å². The Morgan fingerprint density at radius 1 is 1.67 bits per heavy atom. The van der Waals surface area contributed by atoms with E-state index < -0.39 is 8.30 Å². The normalized spacial score (nSPS) is 39.5. The summed E-state index contributed by atoms with van der Waals surface area (Å²) < 4.78 is 4.95. The third-order valence-corrected chi connectivity index (χ3v) is 2.46. The average Bonchev–Trinajstić information content (AvgIpc) is 1.73. The molecule has 2 nitrogen and oxygen atoms in total. The molecule has 2 N–H and O–H groups in total. The van der Waals surface area contributed by atoms with Gasteiger partial charge in [0.1, 0.15) is 13.6 Å². The summed E-state index contributed by atoms with van der Waals surface area (Å²) in [5, 5.41) is 0.0509. The van der Waals surface area contributed by atoms with Gasteiger partial charge in [-0.05, 0) is 13.8 Å². The van der Waals surface area contributed by atoms with Crippen molar-refractivity contribution < 1.29 is 4.52 Å². The molecule has 0 saturated carbocycles. The van der Waals surface area contributed by atoms with Gasteiger partial charge in [0, 0.05) is 0 Å². The van der Waals surface area contributed by atoms with E-state index in [1.54, 1.807) is 0 Å². The molecule has 1 atom stereocenters. The van der Waals surface area contributed by atoms with E-state index in [1.807, 2.05) is 13.8 Å². The van der Waals surface area contributed by atoms with Crippen LogP contribution in [-0.2, 0) is 4.52 Å². The lowest BCUT2D eigenvalue weighted by Crippen LogP contribution is -1.91. The number of rotatable bonds is 0. The van der Waals surface area contributed by atoms with Gasteiger partial charge in [-0.3, -0.25) is 5.50 Å².